The topological polar surface area (TPSA) is 122 Å². The summed E-state index contributed by atoms with van der Waals surface area (Å²) in [5.74, 6) is -1.91. The molecule has 9 nitrogen and oxygen atoms in total. The molecule has 0 bridgehead atoms. The summed E-state index contributed by atoms with van der Waals surface area (Å²) in [4.78, 5) is 46.8. The molecule has 0 radical (unpaired) electrons. The van der Waals surface area contributed by atoms with Crippen molar-refractivity contribution in [1.29, 1.82) is 0 Å². The van der Waals surface area contributed by atoms with Gasteiger partial charge in [0.05, 0.1) is 12.3 Å². The Morgan fingerprint density at radius 2 is 1.73 bits per heavy atom. The quantitative estimate of drug-likeness (QED) is 0.451. The molecule has 0 aliphatic heterocycles. The monoisotopic (exact) mass is 449 g/mol. The summed E-state index contributed by atoms with van der Waals surface area (Å²) in [6.07, 6.45) is 0. The summed E-state index contributed by atoms with van der Waals surface area (Å²) in [6, 6.07) is 12.4. The SMILES string of the molecule is CCOC(=O)Cn1c(=O)n(-c2ccc(F)cc2)c2nc(-c3ccc(C)cc3)nc(C(N)=O)c21. The number of hydrogen-bond donors (Lipinski definition) is 1. The van der Waals surface area contributed by atoms with Gasteiger partial charge in [-0.05, 0) is 38.1 Å². The van der Waals surface area contributed by atoms with E-state index in [9.17, 15) is 18.8 Å². The third-order valence-electron chi connectivity index (χ3n) is 4.99. The first-order valence-corrected chi connectivity index (χ1v) is 10.1. The number of aromatic nitrogens is 4. The highest BCUT2D eigenvalue weighted by atomic mass is 19.1. The maximum Gasteiger partial charge on any atom is 0.335 e. The summed E-state index contributed by atoms with van der Waals surface area (Å²) < 4.78 is 20.7. The maximum atomic E-state index is 13.5. The maximum absolute atomic E-state index is 13.5. The molecule has 0 fully saturated rings. The van der Waals surface area contributed by atoms with Gasteiger partial charge in [0.15, 0.2) is 17.2 Å². The number of hydrogen-bond acceptors (Lipinski definition) is 6. The number of ether oxygens (including phenoxy) is 1. The predicted octanol–water partition coefficient (Wildman–Crippen LogP) is 2.36. The van der Waals surface area contributed by atoms with Crippen molar-refractivity contribution in [2.75, 3.05) is 6.61 Å². The third-order valence-corrected chi connectivity index (χ3v) is 4.99. The Bertz CT molecular complexity index is 1420. The van der Waals surface area contributed by atoms with E-state index in [-0.39, 0.29) is 35.0 Å². The standard InChI is InChI=1S/C23H20FN5O4/c1-3-33-17(30)12-28-19-18(20(25)31)26-21(14-6-4-13(2)5-7-14)27-22(19)29(23(28)32)16-10-8-15(24)9-11-16/h4-11H,3,12H2,1-2H3,(H2,25,31). The molecular weight excluding hydrogens is 429 g/mol. The van der Waals surface area contributed by atoms with Crippen molar-refractivity contribution >= 4 is 23.0 Å². The lowest BCUT2D eigenvalue weighted by Gasteiger charge is -2.08. The molecule has 0 atom stereocenters. The zero-order chi connectivity index (χ0) is 23.7. The van der Waals surface area contributed by atoms with Crippen molar-refractivity contribution in [3.8, 4) is 17.1 Å². The fourth-order valence-electron chi connectivity index (χ4n) is 3.46. The molecule has 2 N–H and O–H groups in total. The third kappa shape index (κ3) is 4.10. The minimum absolute atomic E-state index is 0.0132. The van der Waals surface area contributed by atoms with Crippen molar-refractivity contribution in [1.82, 2.24) is 19.1 Å². The number of benzene rings is 2. The van der Waals surface area contributed by atoms with Gasteiger partial charge >= 0.3 is 11.7 Å². The lowest BCUT2D eigenvalue weighted by Crippen LogP contribution is -2.28. The van der Waals surface area contributed by atoms with Crippen molar-refractivity contribution in [2.24, 2.45) is 5.73 Å². The Morgan fingerprint density at radius 1 is 1.06 bits per heavy atom. The fourth-order valence-corrected chi connectivity index (χ4v) is 3.46. The number of carbonyl (C=O) groups is 2. The van der Waals surface area contributed by atoms with E-state index in [1.165, 1.54) is 28.8 Å². The van der Waals surface area contributed by atoms with Gasteiger partial charge in [0.1, 0.15) is 17.9 Å². The zero-order valence-corrected chi connectivity index (χ0v) is 17.9. The average Bonchev–Trinajstić information content (AvgIpc) is 3.05. The number of esters is 1. The predicted molar refractivity (Wildman–Crippen MR) is 118 cm³/mol. The minimum Gasteiger partial charge on any atom is -0.465 e. The van der Waals surface area contributed by atoms with E-state index in [0.717, 1.165) is 10.1 Å². The van der Waals surface area contributed by atoms with Gasteiger partial charge in [-0.1, -0.05) is 29.8 Å². The van der Waals surface area contributed by atoms with Gasteiger partial charge in [0, 0.05) is 5.56 Å². The van der Waals surface area contributed by atoms with Crippen molar-refractivity contribution in [3.63, 3.8) is 0 Å². The number of aryl methyl sites for hydroxylation is 1. The molecule has 0 spiro atoms. The Kier molecular flexibility index (Phi) is 5.74. The first-order valence-electron chi connectivity index (χ1n) is 10.1. The van der Waals surface area contributed by atoms with Crippen LogP contribution in [0.2, 0.25) is 0 Å². The van der Waals surface area contributed by atoms with Gasteiger partial charge in [-0.2, -0.15) is 0 Å². The molecule has 1 amide bonds. The summed E-state index contributed by atoms with van der Waals surface area (Å²) >= 11 is 0. The van der Waals surface area contributed by atoms with Gasteiger partial charge in [-0.25, -0.2) is 23.7 Å². The number of amides is 1. The van der Waals surface area contributed by atoms with Crippen LogP contribution in [0.5, 0.6) is 0 Å². The minimum atomic E-state index is -0.898. The molecule has 0 aliphatic carbocycles. The van der Waals surface area contributed by atoms with E-state index in [1.807, 2.05) is 19.1 Å². The van der Waals surface area contributed by atoms with Gasteiger partial charge in [0.2, 0.25) is 0 Å². The van der Waals surface area contributed by atoms with Crippen LogP contribution in [-0.2, 0) is 16.1 Å². The molecular formula is C23H20FN5O4. The number of halogens is 1. The highest BCUT2D eigenvalue weighted by Crippen LogP contribution is 2.24. The van der Waals surface area contributed by atoms with E-state index in [1.54, 1.807) is 19.1 Å². The van der Waals surface area contributed by atoms with Crippen LogP contribution in [0.1, 0.15) is 23.0 Å². The van der Waals surface area contributed by atoms with Gasteiger partial charge in [0.25, 0.3) is 5.91 Å². The number of primary amides is 1. The molecule has 4 rings (SSSR count). The Labute approximate surface area is 187 Å². The zero-order valence-electron chi connectivity index (χ0n) is 17.9. The lowest BCUT2D eigenvalue weighted by atomic mass is 10.1. The first-order chi connectivity index (χ1) is 15.8. The molecule has 0 aliphatic rings. The van der Waals surface area contributed by atoms with Crippen molar-refractivity contribution < 1.29 is 18.7 Å². The molecule has 168 valence electrons. The summed E-state index contributed by atoms with van der Waals surface area (Å²) in [6.45, 7) is 3.18. The number of nitrogens with two attached hydrogens (primary N) is 1. The normalized spacial score (nSPS) is 11.0. The second kappa shape index (κ2) is 8.65. The first kappa shape index (κ1) is 21.9. The van der Waals surface area contributed by atoms with Crippen LogP contribution < -0.4 is 11.4 Å². The van der Waals surface area contributed by atoms with E-state index < -0.39 is 29.9 Å². The van der Waals surface area contributed by atoms with Crippen molar-refractivity contribution in [2.45, 2.75) is 20.4 Å². The molecule has 2 aromatic heterocycles. The van der Waals surface area contributed by atoms with Crippen LogP contribution in [0.15, 0.2) is 53.3 Å². The van der Waals surface area contributed by atoms with Crippen LogP contribution in [0.3, 0.4) is 0 Å². The number of imidazole rings is 1. The highest BCUT2D eigenvalue weighted by molar-refractivity contribution is 6.02. The molecule has 10 heteroatoms. The average molecular weight is 449 g/mol. The smallest absolute Gasteiger partial charge is 0.335 e. The molecule has 2 heterocycles. The largest absolute Gasteiger partial charge is 0.465 e. The molecule has 0 unspecified atom stereocenters. The Morgan fingerprint density at radius 3 is 2.33 bits per heavy atom. The van der Waals surface area contributed by atoms with Crippen LogP contribution in [0, 0.1) is 12.7 Å². The molecule has 33 heavy (non-hydrogen) atoms. The van der Waals surface area contributed by atoms with E-state index in [2.05, 4.69) is 9.97 Å². The van der Waals surface area contributed by atoms with Crippen LogP contribution in [-0.4, -0.2) is 37.6 Å². The van der Waals surface area contributed by atoms with E-state index >= 15 is 0 Å². The van der Waals surface area contributed by atoms with Gasteiger partial charge in [-0.15, -0.1) is 0 Å². The van der Waals surface area contributed by atoms with Crippen LogP contribution >= 0.6 is 0 Å². The summed E-state index contributed by atoms with van der Waals surface area (Å²) in [5, 5.41) is 0. The lowest BCUT2D eigenvalue weighted by molar-refractivity contribution is -0.143. The van der Waals surface area contributed by atoms with E-state index in [4.69, 9.17) is 10.5 Å². The van der Waals surface area contributed by atoms with E-state index in [0.29, 0.717) is 5.56 Å². The van der Waals surface area contributed by atoms with Crippen molar-refractivity contribution in [3.05, 3.63) is 76.1 Å². The Balaban J connectivity index is 2.07. The molecule has 0 saturated heterocycles. The van der Waals surface area contributed by atoms with Crippen LogP contribution in [0.4, 0.5) is 4.39 Å². The molecule has 4 aromatic rings. The van der Waals surface area contributed by atoms with Gasteiger partial charge in [-0.3, -0.25) is 14.2 Å². The highest BCUT2D eigenvalue weighted by Gasteiger charge is 2.25. The fraction of sp³-hybridized carbons (Fsp3) is 0.174. The summed E-state index contributed by atoms with van der Waals surface area (Å²) in [7, 11) is 0. The second-order valence-electron chi connectivity index (χ2n) is 7.28. The number of carbonyl (C=O) groups excluding carboxylic acids is 2. The molecule has 0 saturated carbocycles. The number of rotatable bonds is 6. The Hall–Kier alpha value is -4.34. The molecule has 2 aromatic carbocycles. The van der Waals surface area contributed by atoms with Gasteiger partial charge < -0.3 is 10.5 Å². The number of nitrogens with zero attached hydrogens (tertiary/aromatic N) is 4. The summed E-state index contributed by atoms with van der Waals surface area (Å²) in [5.41, 5.74) is 6.64. The second-order valence-corrected chi connectivity index (χ2v) is 7.28. The van der Waals surface area contributed by atoms with Crippen LogP contribution in [0.25, 0.3) is 28.2 Å². The number of fused-ring (bicyclic) bond motifs is 1.